The van der Waals surface area contributed by atoms with Crippen LogP contribution >= 0.6 is 31.7 Å². The average molecular weight is 367 g/mol. The number of hydrogen-bond acceptors (Lipinski definition) is 0. The minimum atomic E-state index is 0. The molecule has 0 rings (SSSR count). The fraction of sp³-hybridized carbons (Fsp3) is 1.00. The van der Waals surface area contributed by atoms with Crippen molar-refractivity contribution in [2.24, 2.45) is 0 Å². The summed E-state index contributed by atoms with van der Waals surface area (Å²) in [6.45, 7) is 27.2. The molecule has 0 bridgehead atoms. The Morgan fingerprint density at radius 2 is 0.294 bits per heavy atom. The Bertz CT molecular complexity index is 61.5. The Labute approximate surface area is 128 Å². The van der Waals surface area contributed by atoms with Crippen LogP contribution in [0.15, 0.2) is 0 Å². The van der Waals surface area contributed by atoms with E-state index < -0.39 is 0 Å². The minimum absolute atomic E-state index is 0. The standard InChI is InChI=1S/4C3H9P.Co/c4*1-4(2)3;/h4*1-3H3;/p+4. The summed E-state index contributed by atoms with van der Waals surface area (Å²) in [6.07, 6.45) is 0. The molecule has 0 saturated heterocycles. The summed E-state index contributed by atoms with van der Waals surface area (Å²) in [5, 5.41) is 0. The van der Waals surface area contributed by atoms with E-state index in [1.165, 1.54) is 0 Å². The molecular formula is C12H40CoP4+4. The summed E-state index contributed by atoms with van der Waals surface area (Å²) in [7, 11) is 0.481. The van der Waals surface area contributed by atoms with E-state index in [0.29, 0.717) is 0 Å². The van der Waals surface area contributed by atoms with Crippen molar-refractivity contribution in [2.75, 3.05) is 80.0 Å². The zero-order chi connectivity index (χ0) is 14.3. The molecule has 0 fully saturated rings. The van der Waals surface area contributed by atoms with Crippen LogP contribution in [-0.2, 0) is 16.8 Å². The van der Waals surface area contributed by atoms with Crippen LogP contribution in [0.3, 0.4) is 0 Å². The van der Waals surface area contributed by atoms with Crippen LogP contribution in [0.25, 0.3) is 0 Å². The van der Waals surface area contributed by atoms with E-state index in [9.17, 15) is 0 Å². The van der Waals surface area contributed by atoms with Crippen molar-refractivity contribution in [3.63, 3.8) is 0 Å². The minimum Gasteiger partial charge on any atom is -0.00840 e. The average Bonchev–Trinajstić information content (AvgIpc) is 1.76. The molecule has 0 nitrogen and oxygen atoms in total. The van der Waals surface area contributed by atoms with Crippen molar-refractivity contribution >= 4 is 31.7 Å². The zero-order valence-corrected chi connectivity index (χ0v) is 19.4. The molecule has 0 heterocycles. The van der Waals surface area contributed by atoms with Gasteiger partial charge in [0.1, 0.15) is 0 Å². The first-order valence-corrected chi connectivity index (χ1v) is 18.0. The summed E-state index contributed by atoms with van der Waals surface area (Å²) >= 11 is 0. The zero-order valence-electron chi connectivity index (χ0n) is 14.3. The largest absolute Gasteiger partial charge is 0.0461 e. The van der Waals surface area contributed by atoms with E-state index in [1.807, 2.05) is 0 Å². The van der Waals surface area contributed by atoms with Gasteiger partial charge in [-0.25, -0.2) is 0 Å². The molecule has 0 aliphatic heterocycles. The Kier molecular flexibility index (Phi) is 49.6. The van der Waals surface area contributed by atoms with E-state index in [4.69, 9.17) is 0 Å². The fourth-order valence-electron chi connectivity index (χ4n) is 0. The Morgan fingerprint density at radius 3 is 0.294 bits per heavy atom. The van der Waals surface area contributed by atoms with Gasteiger partial charge < -0.3 is 0 Å². The van der Waals surface area contributed by atoms with Gasteiger partial charge in [0.25, 0.3) is 0 Å². The van der Waals surface area contributed by atoms with Crippen LogP contribution in [0.1, 0.15) is 0 Å². The summed E-state index contributed by atoms with van der Waals surface area (Å²) in [5.74, 6) is 0. The van der Waals surface area contributed by atoms with Crippen molar-refractivity contribution in [1.82, 2.24) is 0 Å². The second-order valence-corrected chi connectivity index (χ2v) is 18.0. The first-order chi connectivity index (χ1) is 6.93. The van der Waals surface area contributed by atoms with Gasteiger partial charge in [0.2, 0.25) is 0 Å². The maximum absolute atomic E-state index is 2.27. The van der Waals surface area contributed by atoms with Crippen molar-refractivity contribution in [1.29, 1.82) is 0 Å². The molecule has 0 aromatic carbocycles. The third-order valence-electron chi connectivity index (χ3n) is 0. The number of hydrogen-bond donors (Lipinski definition) is 0. The molecule has 0 saturated carbocycles. The van der Waals surface area contributed by atoms with E-state index in [1.54, 1.807) is 0 Å². The van der Waals surface area contributed by atoms with Gasteiger partial charge in [0, 0.05) is 96.8 Å². The quantitative estimate of drug-likeness (QED) is 0.558. The molecule has 0 aliphatic carbocycles. The SMILES string of the molecule is C[PH+](C)C.C[PH+](C)C.C[PH+](C)C.C[PH+](C)C.[Co]. The van der Waals surface area contributed by atoms with Crippen LogP contribution < -0.4 is 0 Å². The molecule has 0 spiro atoms. The maximum atomic E-state index is 2.27. The fourth-order valence-corrected chi connectivity index (χ4v) is 0. The molecule has 0 unspecified atom stereocenters. The van der Waals surface area contributed by atoms with Crippen LogP contribution in [0, 0.1) is 0 Å². The molecule has 0 amide bonds. The van der Waals surface area contributed by atoms with Gasteiger partial charge in [-0.1, -0.05) is 0 Å². The van der Waals surface area contributed by atoms with Crippen LogP contribution in [0.2, 0.25) is 0 Å². The summed E-state index contributed by atoms with van der Waals surface area (Å²) in [6, 6.07) is 0. The van der Waals surface area contributed by atoms with E-state index in [0.717, 1.165) is 0 Å². The number of rotatable bonds is 0. The molecule has 0 atom stereocenters. The molecule has 0 aliphatic rings. The third kappa shape index (κ3) is 968. The topological polar surface area (TPSA) is 0 Å². The Hall–Kier alpha value is 2.23. The van der Waals surface area contributed by atoms with Gasteiger partial charge in [0.15, 0.2) is 0 Å². The van der Waals surface area contributed by atoms with Gasteiger partial charge in [0.05, 0.1) is 0 Å². The molecule has 0 aromatic rings. The molecule has 0 aromatic heterocycles. The van der Waals surface area contributed by atoms with Crippen molar-refractivity contribution in [3.8, 4) is 0 Å². The van der Waals surface area contributed by atoms with Gasteiger partial charge in [-0.3, -0.25) is 0 Å². The molecule has 1 radical (unpaired) electrons. The first-order valence-electron chi connectivity index (χ1n) is 6.00. The van der Waals surface area contributed by atoms with Crippen molar-refractivity contribution in [2.45, 2.75) is 0 Å². The summed E-state index contributed by atoms with van der Waals surface area (Å²) in [5.41, 5.74) is 0. The maximum Gasteiger partial charge on any atom is 0.0461 e. The smallest absolute Gasteiger partial charge is 0.00840 e. The predicted octanol–water partition coefficient (Wildman–Crippen LogP) is 4.36. The van der Waals surface area contributed by atoms with Crippen molar-refractivity contribution in [3.05, 3.63) is 0 Å². The van der Waals surface area contributed by atoms with Gasteiger partial charge in [-0.15, -0.1) is 0 Å². The van der Waals surface area contributed by atoms with Gasteiger partial charge in [-0.2, -0.15) is 0 Å². The summed E-state index contributed by atoms with van der Waals surface area (Å²) < 4.78 is 0. The van der Waals surface area contributed by atoms with Crippen molar-refractivity contribution < 1.29 is 16.8 Å². The molecular weight excluding hydrogens is 327 g/mol. The Balaban J connectivity index is -0.0000000369. The Morgan fingerprint density at radius 1 is 0.294 bits per heavy atom. The first kappa shape index (κ1) is 31.6. The monoisotopic (exact) mass is 367 g/mol. The van der Waals surface area contributed by atoms with E-state index in [2.05, 4.69) is 80.0 Å². The van der Waals surface area contributed by atoms with Crippen LogP contribution in [0.4, 0.5) is 0 Å². The second kappa shape index (κ2) is 26.7. The summed E-state index contributed by atoms with van der Waals surface area (Å²) in [4.78, 5) is 0. The third-order valence-corrected chi connectivity index (χ3v) is 0. The molecule has 17 heavy (non-hydrogen) atoms. The molecule has 5 heteroatoms. The van der Waals surface area contributed by atoms with Gasteiger partial charge in [-0.05, 0) is 31.7 Å². The van der Waals surface area contributed by atoms with Crippen LogP contribution in [0.5, 0.6) is 0 Å². The molecule has 113 valence electrons. The normalized spacial score (nSPS) is 8.47. The molecule has 0 N–H and O–H groups in total. The van der Waals surface area contributed by atoms with E-state index >= 15 is 0 Å². The van der Waals surface area contributed by atoms with E-state index in [-0.39, 0.29) is 48.5 Å². The van der Waals surface area contributed by atoms with Crippen LogP contribution in [-0.4, -0.2) is 80.0 Å². The van der Waals surface area contributed by atoms with Gasteiger partial charge >= 0.3 is 0 Å². The second-order valence-electron chi connectivity index (χ2n) is 6.00. The predicted molar refractivity (Wildman–Crippen MR) is 104 cm³/mol.